The molecule has 0 amide bonds. The van der Waals surface area contributed by atoms with E-state index in [4.69, 9.17) is 6.42 Å². The summed E-state index contributed by atoms with van der Waals surface area (Å²) in [6.07, 6.45) is 4.92. The lowest BCUT2D eigenvalue weighted by atomic mass is 10.1. The number of aliphatic hydroxyl groups is 1. The monoisotopic (exact) mass is 184 g/mol. The van der Waals surface area contributed by atoms with Gasteiger partial charge >= 0.3 is 0 Å². The second-order valence-corrected chi connectivity index (χ2v) is 4.07. The van der Waals surface area contributed by atoms with Crippen LogP contribution in [0.1, 0.15) is 13.8 Å². The van der Waals surface area contributed by atoms with Crippen molar-refractivity contribution in [3.05, 3.63) is 0 Å². The van der Waals surface area contributed by atoms with Gasteiger partial charge in [0.05, 0.1) is 11.6 Å². The summed E-state index contributed by atoms with van der Waals surface area (Å²) in [4.78, 5) is 1.94. The van der Waals surface area contributed by atoms with Gasteiger partial charge in [-0.3, -0.25) is 5.32 Å². The van der Waals surface area contributed by atoms with Crippen LogP contribution in [0.4, 0.5) is 0 Å². The van der Waals surface area contributed by atoms with Crippen LogP contribution in [0.3, 0.4) is 0 Å². The molecule has 0 heterocycles. The van der Waals surface area contributed by atoms with Crippen molar-refractivity contribution in [2.24, 2.45) is 0 Å². The van der Waals surface area contributed by atoms with Crippen LogP contribution in [0.15, 0.2) is 0 Å². The van der Waals surface area contributed by atoms with Gasteiger partial charge in [-0.15, -0.1) is 6.42 Å². The first-order valence-corrected chi connectivity index (χ1v) is 4.43. The summed E-state index contributed by atoms with van der Waals surface area (Å²) in [5.41, 5.74) is -0.340. The summed E-state index contributed by atoms with van der Waals surface area (Å²) in [5, 5.41) is 12.6. The minimum Gasteiger partial charge on any atom is -0.390 e. The molecule has 0 spiro atoms. The molecule has 76 valence electrons. The molecule has 3 nitrogen and oxygen atoms in total. The fourth-order valence-electron chi connectivity index (χ4n) is 0.910. The first-order valence-electron chi connectivity index (χ1n) is 4.43. The van der Waals surface area contributed by atoms with E-state index >= 15 is 0 Å². The molecule has 0 bridgehead atoms. The average molecular weight is 184 g/mol. The zero-order chi connectivity index (χ0) is 10.5. The van der Waals surface area contributed by atoms with Crippen LogP contribution in [0.2, 0.25) is 0 Å². The number of terminal acetylenes is 1. The van der Waals surface area contributed by atoms with Gasteiger partial charge in [-0.05, 0) is 27.9 Å². The molecule has 0 saturated heterocycles. The molecule has 1 unspecified atom stereocenters. The summed E-state index contributed by atoms with van der Waals surface area (Å²) in [7, 11) is 3.85. The molecule has 0 aliphatic heterocycles. The van der Waals surface area contributed by atoms with Gasteiger partial charge in [-0.2, -0.15) is 0 Å². The largest absolute Gasteiger partial charge is 0.390 e. The summed E-state index contributed by atoms with van der Waals surface area (Å²) in [5.74, 6) is 2.61. The minimum absolute atomic E-state index is 0.340. The first kappa shape index (κ1) is 12.4. The quantitative estimate of drug-likeness (QED) is 0.586. The van der Waals surface area contributed by atoms with Crippen molar-refractivity contribution in [2.45, 2.75) is 25.5 Å². The SMILES string of the molecule is C#CC(C)(C)NCC(O)CN(C)C. The van der Waals surface area contributed by atoms with Crippen molar-refractivity contribution in [3.8, 4) is 12.3 Å². The van der Waals surface area contributed by atoms with Crippen molar-refractivity contribution >= 4 is 0 Å². The van der Waals surface area contributed by atoms with E-state index in [2.05, 4.69) is 11.2 Å². The van der Waals surface area contributed by atoms with Crippen molar-refractivity contribution in [1.29, 1.82) is 0 Å². The molecule has 3 heteroatoms. The molecular formula is C10H20N2O. The van der Waals surface area contributed by atoms with E-state index in [9.17, 15) is 5.11 Å². The fourth-order valence-corrected chi connectivity index (χ4v) is 0.910. The van der Waals surface area contributed by atoms with Gasteiger partial charge in [0.2, 0.25) is 0 Å². The second kappa shape index (κ2) is 5.23. The van der Waals surface area contributed by atoms with Crippen LogP contribution in [-0.4, -0.2) is 48.8 Å². The third-order valence-electron chi connectivity index (χ3n) is 1.72. The van der Waals surface area contributed by atoms with Gasteiger partial charge in [-0.25, -0.2) is 0 Å². The third-order valence-corrected chi connectivity index (χ3v) is 1.72. The van der Waals surface area contributed by atoms with E-state index in [0.29, 0.717) is 13.1 Å². The number of aliphatic hydroxyl groups excluding tert-OH is 1. The summed E-state index contributed by atoms with van der Waals surface area (Å²) >= 11 is 0. The second-order valence-electron chi connectivity index (χ2n) is 4.07. The van der Waals surface area contributed by atoms with Gasteiger partial charge in [0.1, 0.15) is 0 Å². The molecule has 0 aliphatic rings. The predicted molar refractivity (Wildman–Crippen MR) is 55.5 cm³/mol. The third kappa shape index (κ3) is 6.59. The lowest BCUT2D eigenvalue weighted by Crippen LogP contribution is -2.44. The van der Waals surface area contributed by atoms with Crippen LogP contribution >= 0.6 is 0 Å². The summed E-state index contributed by atoms with van der Waals surface area (Å²) in [6.45, 7) is 4.99. The highest BCUT2D eigenvalue weighted by Gasteiger charge is 2.14. The van der Waals surface area contributed by atoms with E-state index in [1.807, 2.05) is 32.8 Å². The lowest BCUT2D eigenvalue weighted by Gasteiger charge is -2.23. The highest BCUT2D eigenvalue weighted by molar-refractivity contribution is 5.07. The number of rotatable bonds is 5. The van der Waals surface area contributed by atoms with Crippen molar-refractivity contribution < 1.29 is 5.11 Å². The van der Waals surface area contributed by atoms with Crippen LogP contribution in [-0.2, 0) is 0 Å². The number of nitrogens with zero attached hydrogens (tertiary/aromatic N) is 1. The smallest absolute Gasteiger partial charge is 0.0791 e. The standard InChI is InChI=1S/C10H20N2O/c1-6-10(2,3)11-7-9(13)8-12(4)5/h1,9,11,13H,7-8H2,2-5H3. The molecule has 13 heavy (non-hydrogen) atoms. The molecule has 0 aromatic rings. The van der Waals surface area contributed by atoms with Crippen molar-refractivity contribution in [2.75, 3.05) is 27.2 Å². The molecule has 0 fully saturated rings. The van der Waals surface area contributed by atoms with Gasteiger partial charge in [0.25, 0.3) is 0 Å². The molecule has 0 radical (unpaired) electrons. The Morgan fingerprint density at radius 1 is 1.54 bits per heavy atom. The van der Waals surface area contributed by atoms with Gasteiger partial charge in [-0.1, -0.05) is 5.92 Å². The molecule has 0 aromatic carbocycles. The number of hydrogen-bond donors (Lipinski definition) is 2. The zero-order valence-electron chi connectivity index (χ0n) is 8.96. The van der Waals surface area contributed by atoms with E-state index in [1.54, 1.807) is 0 Å². The van der Waals surface area contributed by atoms with Gasteiger partial charge < -0.3 is 10.0 Å². The Morgan fingerprint density at radius 2 is 2.08 bits per heavy atom. The molecule has 0 saturated carbocycles. The van der Waals surface area contributed by atoms with E-state index in [-0.39, 0.29) is 11.6 Å². The fraction of sp³-hybridized carbons (Fsp3) is 0.800. The number of likely N-dealkylation sites (N-methyl/N-ethyl adjacent to an activating group) is 1. The minimum atomic E-state index is -0.373. The molecule has 1 atom stereocenters. The van der Waals surface area contributed by atoms with E-state index in [0.717, 1.165) is 0 Å². The summed E-state index contributed by atoms with van der Waals surface area (Å²) < 4.78 is 0. The highest BCUT2D eigenvalue weighted by Crippen LogP contribution is 1.98. The number of β-amino-alcohol motifs (C(OH)–C–C–N with tert-alkyl or cyclic N) is 1. The Bertz CT molecular complexity index is 182. The normalized spacial score (nSPS) is 14.2. The maximum absolute atomic E-state index is 9.51. The highest BCUT2D eigenvalue weighted by atomic mass is 16.3. The Hall–Kier alpha value is -0.560. The van der Waals surface area contributed by atoms with Crippen molar-refractivity contribution in [1.82, 2.24) is 10.2 Å². The zero-order valence-corrected chi connectivity index (χ0v) is 8.96. The van der Waals surface area contributed by atoms with Crippen LogP contribution in [0.5, 0.6) is 0 Å². The number of nitrogens with one attached hydrogen (secondary N) is 1. The van der Waals surface area contributed by atoms with Crippen LogP contribution in [0, 0.1) is 12.3 Å². The topological polar surface area (TPSA) is 35.5 Å². The molecule has 0 aliphatic carbocycles. The lowest BCUT2D eigenvalue weighted by molar-refractivity contribution is 0.129. The Kier molecular flexibility index (Phi) is 5.01. The molecular weight excluding hydrogens is 164 g/mol. The molecule has 0 rings (SSSR count). The number of hydrogen-bond acceptors (Lipinski definition) is 3. The molecule has 2 N–H and O–H groups in total. The van der Waals surface area contributed by atoms with E-state index < -0.39 is 0 Å². The van der Waals surface area contributed by atoms with E-state index in [1.165, 1.54) is 0 Å². The first-order chi connectivity index (χ1) is 5.87. The summed E-state index contributed by atoms with van der Waals surface area (Å²) in [6, 6.07) is 0. The maximum atomic E-state index is 9.51. The van der Waals surface area contributed by atoms with Crippen molar-refractivity contribution in [3.63, 3.8) is 0 Å². The Balaban J connectivity index is 3.71. The maximum Gasteiger partial charge on any atom is 0.0791 e. The predicted octanol–water partition coefficient (Wildman–Crippen LogP) is -0.0897. The van der Waals surface area contributed by atoms with Crippen LogP contribution in [0.25, 0.3) is 0 Å². The Morgan fingerprint density at radius 3 is 2.46 bits per heavy atom. The van der Waals surface area contributed by atoms with Gasteiger partial charge in [0.15, 0.2) is 0 Å². The Labute approximate surface area is 81.1 Å². The van der Waals surface area contributed by atoms with Gasteiger partial charge in [0, 0.05) is 13.1 Å². The van der Waals surface area contributed by atoms with Crippen LogP contribution < -0.4 is 5.32 Å². The average Bonchev–Trinajstić information content (AvgIpc) is 2.00. The molecule has 0 aromatic heterocycles.